The summed E-state index contributed by atoms with van der Waals surface area (Å²) in [5.41, 5.74) is -0.315. The first-order valence-corrected chi connectivity index (χ1v) is 3.92. The van der Waals surface area contributed by atoms with Crippen LogP contribution in [0.4, 0.5) is 13.2 Å². The molecule has 0 aromatic carbocycles. The van der Waals surface area contributed by atoms with Gasteiger partial charge < -0.3 is 0 Å². The minimum absolute atomic E-state index is 0.249. The molecular weight excluding hydrogens is 235 g/mol. The fourth-order valence-corrected chi connectivity index (χ4v) is 1.03. The largest absolute Gasteiger partial charge is 0.283 e. The first-order chi connectivity index (χ1) is 5.52. The molecule has 0 radical (unpaired) electrons. The molecule has 0 bridgehead atoms. The van der Waals surface area contributed by atoms with E-state index >= 15 is 0 Å². The molecule has 0 saturated carbocycles. The van der Waals surface area contributed by atoms with Gasteiger partial charge in [-0.25, -0.2) is 18.2 Å². The van der Waals surface area contributed by atoms with Crippen LogP contribution in [0.2, 0.25) is 0 Å². The summed E-state index contributed by atoms with van der Waals surface area (Å²) >= 11 is 2.94. The predicted molar refractivity (Wildman–Crippen MR) is 41.6 cm³/mol. The van der Waals surface area contributed by atoms with Gasteiger partial charge in [-0.3, -0.25) is 0 Å². The van der Waals surface area contributed by atoms with Crippen LogP contribution in [0.5, 0.6) is 0 Å². The quantitative estimate of drug-likeness (QED) is 0.686. The molecule has 0 spiro atoms. The Kier molecular flexibility index (Phi) is 2.72. The van der Waals surface area contributed by atoms with Crippen molar-refractivity contribution < 1.29 is 13.2 Å². The van der Waals surface area contributed by atoms with Gasteiger partial charge in [-0.2, -0.15) is 0 Å². The first-order valence-electron chi connectivity index (χ1n) is 3.13. The molecule has 12 heavy (non-hydrogen) atoms. The lowest BCUT2D eigenvalue weighted by molar-refractivity contribution is 0.140. The van der Waals surface area contributed by atoms with Crippen molar-refractivity contribution in [2.24, 2.45) is 0 Å². The second-order valence-corrected chi connectivity index (χ2v) is 3.01. The van der Waals surface area contributed by atoms with Gasteiger partial charge in [0.25, 0.3) is 6.43 Å². The highest BCUT2D eigenvalue weighted by molar-refractivity contribution is 9.10. The molecule has 1 nitrogen and oxygen atoms in total. The summed E-state index contributed by atoms with van der Waals surface area (Å²) in [5, 5.41) is 0. The van der Waals surface area contributed by atoms with Crippen LogP contribution in [0.3, 0.4) is 0 Å². The molecule has 1 aromatic rings. The molecule has 0 N–H and O–H groups in total. The number of nitrogens with zero attached hydrogens (tertiary/aromatic N) is 1. The highest BCUT2D eigenvalue weighted by Gasteiger charge is 2.16. The van der Waals surface area contributed by atoms with E-state index in [1.54, 1.807) is 6.92 Å². The molecular formula is C7H5BrF3N. The third kappa shape index (κ3) is 1.77. The van der Waals surface area contributed by atoms with Crippen molar-refractivity contribution in [3.63, 3.8) is 0 Å². The van der Waals surface area contributed by atoms with Crippen LogP contribution < -0.4 is 0 Å². The van der Waals surface area contributed by atoms with E-state index in [4.69, 9.17) is 0 Å². The summed E-state index contributed by atoms with van der Waals surface area (Å²) in [6.45, 7) is 1.58. The number of halogens is 4. The van der Waals surface area contributed by atoms with E-state index < -0.39 is 17.9 Å². The lowest BCUT2D eigenvalue weighted by Gasteiger charge is -2.03. The van der Waals surface area contributed by atoms with E-state index in [1.807, 2.05) is 0 Å². The Morgan fingerprint density at radius 1 is 1.50 bits per heavy atom. The van der Waals surface area contributed by atoms with Crippen molar-refractivity contribution in [1.29, 1.82) is 0 Å². The molecule has 1 rings (SSSR count). The van der Waals surface area contributed by atoms with Gasteiger partial charge in [0.2, 0.25) is 0 Å². The Labute approximate surface area is 75.7 Å². The van der Waals surface area contributed by atoms with Crippen molar-refractivity contribution in [2.75, 3.05) is 0 Å². The van der Waals surface area contributed by atoms with Crippen molar-refractivity contribution in [3.8, 4) is 0 Å². The molecule has 5 heteroatoms. The Morgan fingerprint density at radius 3 is 2.58 bits per heavy atom. The lowest BCUT2D eigenvalue weighted by Crippen LogP contribution is -1.97. The lowest BCUT2D eigenvalue weighted by atomic mass is 10.2. The maximum Gasteiger partial charge on any atom is 0.283 e. The van der Waals surface area contributed by atoms with Crippen molar-refractivity contribution in [1.82, 2.24) is 4.98 Å². The average molecular weight is 240 g/mol. The molecule has 0 aliphatic rings. The number of pyridine rings is 1. The van der Waals surface area contributed by atoms with Crippen molar-refractivity contribution in [2.45, 2.75) is 13.3 Å². The number of hydrogen-bond acceptors (Lipinski definition) is 1. The van der Waals surface area contributed by atoms with Crippen LogP contribution in [-0.2, 0) is 0 Å². The molecule has 1 aromatic heterocycles. The monoisotopic (exact) mass is 239 g/mol. The Balaban J connectivity index is 3.23. The van der Waals surface area contributed by atoms with Gasteiger partial charge in [0.1, 0.15) is 10.3 Å². The van der Waals surface area contributed by atoms with Gasteiger partial charge in [0.15, 0.2) is 5.82 Å². The molecule has 0 saturated heterocycles. The summed E-state index contributed by atoms with van der Waals surface area (Å²) in [6.07, 6.45) is -2.87. The van der Waals surface area contributed by atoms with E-state index in [-0.39, 0.29) is 4.60 Å². The molecule has 1 heterocycles. The van der Waals surface area contributed by atoms with Gasteiger partial charge in [-0.1, -0.05) is 0 Å². The zero-order valence-electron chi connectivity index (χ0n) is 6.11. The van der Waals surface area contributed by atoms with Gasteiger partial charge in [-0.15, -0.1) is 0 Å². The minimum atomic E-state index is -2.87. The first kappa shape index (κ1) is 9.51. The third-order valence-electron chi connectivity index (χ3n) is 1.34. The SMILES string of the molecule is Cc1cc(F)c(C(F)F)nc1Br. The maximum absolute atomic E-state index is 12.7. The van der Waals surface area contributed by atoms with Crippen LogP contribution >= 0.6 is 15.9 Å². The summed E-state index contributed by atoms with van der Waals surface area (Å²) in [5.74, 6) is -0.967. The van der Waals surface area contributed by atoms with Gasteiger partial charge in [-0.05, 0) is 34.5 Å². The van der Waals surface area contributed by atoms with Crippen LogP contribution in [-0.4, -0.2) is 4.98 Å². The van der Waals surface area contributed by atoms with Crippen LogP contribution in [0, 0.1) is 12.7 Å². The van der Waals surface area contributed by atoms with Gasteiger partial charge >= 0.3 is 0 Å². The summed E-state index contributed by atoms with van der Waals surface area (Å²) in [4.78, 5) is 3.36. The summed E-state index contributed by atoms with van der Waals surface area (Å²) in [7, 11) is 0. The molecule has 66 valence electrons. The van der Waals surface area contributed by atoms with E-state index in [0.717, 1.165) is 6.07 Å². The fraction of sp³-hybridized carbons (Fsp3) is 0.286. The zero-order valence-corrected chi connectivity index (χ0v) is 7.70. The maximum atomic E-state index is 12.7. The fourth-order valence-electron chi connectivity index (χ4n) is 0.724. The standard InChI is InChI=1S/C7H5BrF3N/c1-3-2-4(9)5(7(10)11)12-6(3)8/h2,7H,1H3. The van der Waals surface area contributed by atoms with E-state index in [1.165, 1.54) is 0 Å². The molecule has 0 aliphatic heterocycles. The smallest absolute Gasteiger partial charge is 0.237 e. The molecule has 0 fully saturated rings. The molecule has 0 unspecified atom stereocenters. The summed E-state index contributed by atoms with van der Waals surface area (Å²) < 4.78 is 37.0. The van der Waals surface area contributed by atoms with Crippen LogP contribution in [0.1, 0.15) is 17.7 Å². The second-order valence-electron chi connectivity index (χ2n) is 2.26. The van der Waals surface area contributed by atoms with E-state index in [0.29, 0.717) is 5.56 Å². The Morgan fingerprint density at radius 2 is 2.08 bits per heavy atom. The highest BCUT2D eigenvalue weighted by Crippen LogP contribution is 2.23. The number of alkyl halides is 2. The minimum Gasteiger partial charge on any atom is -0.237 e. The Bertz CT molecular complexity index is 301. The molecule has 0 amide bonds. The van der Waals surface area contributed by atoms with Gasteiger partial charge in [0, 0.05) is 0 Å². The zero-order chi connectivity index (χ0) is 9.30. The van der Waals surface area contributed by atoms with Crippen LogP contribution in [0.25, 0.3) is 0 Å². The average Bonchev–Trinajstić information content (AvgIpc) is 1.96. The highest BCUT2D eigenvalue weighted by atomic mass is 79.9. The normalized spacial score (nSPS) is 10.8. The topological polar surface area (TPSA) is 12.9 Å². The van der Waals surface area contributed by atoms with Gasteiger partial charge in [0.05, 0.1) is 0 Å². The van der Waals surface area contributed by atoms with Crippen molar-refractivity contribution >= 4 is 15.9 Å². The van der Waals surface area contributed by atoms with Crippen molar-refractivity contribution in [3.05, 3.63) is 27.7 Å². The predicted octanol–water partition coefficient (Wildman–Crippen LogP) is 3.23. The number of rotatable bonds is 1. The summed E-state index contributed by atoms with van der Waals surface area (Å²) in [6, 6.07) is 1.03. The van der Waals surface area contributed by atoms with Crippen LogP contribution in [0.15, 0.2) is 10.7 Å². The molecule has 0 atom stereocenters. The molecule has 0 aliphatic carbocycles. The second kappa shape index (κ2) is 3.43. The number of aryl methyl sites for hydroxylation is 1. The number of aromatic nitrogens is 1. The number of hydrogen-bond donors (Lipinski definition) is 0. The Hall–Kier alpha value is -0.580. The van der Waals surface area contributed by atoms with E-state index in [9.17, 15) is 13.2 Å². The van der Waals surface area contributed by atoms with E-state index in [2.05, 4.69) is 20.9 Å². The third-order valence-corrected chi connectivity index (χ3v) is 2.14.